The third-order valence-electron chi connectivity index (χ3n) is 4.73. The van der Waals surface area contributed by atoms with E-state index >= 15 is 0 Å². The van der Waals surface area contributed by atoms with Crippen molar-refractivity contribution in [2.45, 2.75) is 25.0 Å². The molecule has 1 fully saturated rings. The van der Waals surface area contributed by atoms with Gasteiger partial charge in [-0.25, -0.2) is 9.50 Å². The lowest BCUT2D eigenvalue weighted by Crippen LogP contribution is -2.43. The maximum Gasteiger partial charge on any atom is 0.232 e. The Labute approximate surface area is 149 Å². The van der Waals surface area contributed by atoms with Crippen molar-refractivity contribution in [3.05, 3.63) is 42.6 Å². The summed E-state index contributed by atoms with van der Waals surface area (Å²) in [6.07, 6.45) is 3.62. The van der Waals surface area contributed by atoms with E-state index in [0.717, 1.165) is 40.9 Å². The van der Waals surface area contributed by atoms with Crippen molar-refractivity contribution >= 4 is 16.6 Å². The average Bonchev–Trinajstić information content (AvgIpc) is 3.22. The number of hydrogen-bond donors (Lipinski definition) is 1. The average molecular weight is 350 g/mol. The number of aromatic nitrogens is 3. The van der Waals surface area contributed by atoms with Crippen molar-refractivity contribution in [3.63, 3.8) is 0 Å². The number of benzene rings is 1. The van der Waals surface area contributed by atoms with Gasteiger partial charge in [-0.1, -0.05) is 0 Å². The number of rotatable bonds is 4. The fraction of sp³-hybridized carbons (Fsp3) is 0.263. The first-order chi connectivity index (χ1) is 12.7. The zero-order valence-corrected chi connectivity index (χ0v) is 14.3. The second kappa shape index (κ2) is 5.74. The van der Waals surface area contributed by atoms with Crippen molar-refractivity contribution in [1.29, 1.82) is 0 Å². The van der Waals surface area contributed by atoms with Crippen molar-refractivity contribution in [3.8, 4) is 23.1 Å². The van der Waals surface area contributed by atoms with Crippen molar-refractivity contribution in [1.82, 2.24) is 14.6 Å². The summed E-state index contributed by atoms with van der Waals surface area (Å²) < 4.78 is 18.9. The van der Waals surface area contributed by atoms with E-state index in [9.17, 15) is 0 Å². The minimum Gasteiger partial charge on any atom is -0.497 e. The topological polar surface area (TPSA) is 87.8 Å². The third-order valence-corrected chi connectivity index (χ3v) is 4.73. The molecule has 0 spiro atoms. The van der Waals surface area contributed by atoms with E-state index in [-0.39, 0.29) is 12.1 Å². The highest BCUT2D eigenvalue weighted by Crippen LogP contribution is 2.31. The molecule has 2 N–H and O–H groups in total. The molecule has 132 valence electrons. The van der Waals surface area contributed by atoms with Crippen LogP contribution in [0, 0.1) is 0 Å². The van der Waals surface area contributed by atoms with Gasteiger partial charge in [0, 0.05) is 17.5 Å². The van der Waals surface area contributed by atoms with Crippen LogP contribution in [0.1, 0.15) is 12.8 Å². The fourth-order valence-electron chi connectivity index (χ4n) is 3.24. The Kier molecular flexibility index (Phi) is 3.36. The van der Waals surface area contributed by atoms with Crippen LogP contribution in [0.15, 0.2) is 47.0 Å². The zero-order valence-electron chi connectivity index (χ0n) is 14.3. The number of hydrogen-bond acceptors (Lipinski definition) is 6. The summed E-state index contributed by atoms with van der Waals surface area (Å²) in [5, 5.41) is 5.53. The molecule has 7 nitrogen and oxygen atoms in total. The lowest BCUT2D eigenvalue weighted by Gasteiger charge is -2.31. The van der Waals surface area contributed by atoms with Gasteiger partial charge in [0.25, 0.3) is 0 Å². The van der Waals surface area contributed by atoms with Gasteiger partial charge in [0.2, 0.25) is 5.88 Å². The molecular formula is C19H18N4O3. The predicted molar refractivity (Wildman–Crippen MR) is 96.4 cm³/mol. The number of fused-ring (bicyclic) bond motifs is 2. The quantitative estimate of drug-likeness (QED) is 0.609. The van der Waals surface area contributed by atoms with Crippen LogP contribution in [0.25, 0.3) is 28.1 Å². The number of ether oxygens (including phenoxy) is 2. The van der Waals surface area contributed by atoms with Crippen LogP contribution < -0.4 is 15.2 Å². The predicted octanol–water partition coefficient (Wildman–Crippen LogP) is 3.02. The maximum atomic E-state index is 5.97. The minimum absolute atomic E-state index is 0.139. The van der Waals surface area contributed by atoms with Gasteiger partial charge < -0.3 is 19.6 Å². The molecule has 4 aromatic rings. The molecule has 1 aromatic carbocycles. The van der Waals surface area contributed by atoms with Gasteiger partial charge in [-0.2, -0.15) is 0 Å². The summed E-state index contributed by atoms with van der Waals surface area (Å²) in [5.74, 6) is 2.04. The smallest absolute Gasteiger partial charge is 0.232 e. The summed E-state index contributed by atoms with van der Waals surface area (Å²) in [6.45, 7) is 0. The Morgan fingerprint density at radius 3 is 2.88 bits per heavy atom. The Hall–Kier alpha value is -3.06. The molecular weight excluding hydrogens is 332 g/mol. The Morgan fingerprint density at radius 1 is 1.19 bits per heavy atom. The molecule has 0 unspecified atom stereocenters. The van der Waals surface area contributed by atoms with Gasteiger partial charge in [0.15, 0.2) is 11.4 Å². The standard InChI is InChI=1S/C19H18N4O3/c1-24-13-2-3-16-11(6-13)7-17(26-16)15-10-21-18-4-5-19(22-23(15)18)25-14-8-12(20)9-14/h2-7,10,12,14H,8-9,20H2,1H3. The molecule has 3 heterocycles. The van der Waals surface area contributed by atoms with Gasteiger partial charge in [-0.05, 0) is 43.2 Å². The highest BCUT2D eigenvalue weighted by Gasteiger charge is 2.28. The van der Waals surface area contributed by atoms with E-state index in [0.29, 0.717) is 11.6 Å². The molecule has 1 aliphatic carbocycles. The first kappa shape index (κ1) is 15.2. The third kappa shape index (κ3) is 2.48. The van der Waals surface area contributed by atoms with Crippen LogP contribution in [0.5, 0.6) is 11.6 Å². The Bertz CT molecular complexity index is 1090. The molecule has 0 aliphatic heterocycles. The molecule has 0 amide bonds. The minimum atomic E-state index is 0.139. The SMILES string of the molecule is COc1ccc2oc(-c3cnc4ccc(OC5CC(N)C5)nn34)cc2c1. The lowest BCUT2D eigenvalue weighted by molar-refractivity contribution is 0.0944. The fourth-order valence-corrected chi connectivity index (χ4v) is 3.24. The van der Waals surface area contributed by atoms with E-state index in [1.807, 2.05) is 36.4 Å². The van der Waals surface area contributed by atoms with E-state index in [4.69, 9.17) is 19.6 Å². The molecule has 26 heavy (non-hydrogen) atoms. The molecule has 0 bridgehead atoms. The van der Waals surface area contributed by atoms with E-state index in [2.05, 4.69) is 10.1 Å². The first-order valence-corrected chi connectivity index (χ1v) is 8.54. The Balaban J connectivity index is 1.53. The summed E-state index contributed by atoms with van der Waals surface area (Å²) in [7, 11) is 1.65. The normalized spacial score (nSPS) is 19.6. The van der Waals surface area contributed by atoms with Crippen LogP contribution in [0.2, 0.25) is 0 Å². The van der Waals surface area contributed by atoms with Crippen LogP contribution in [-0.4, -0.2) is 33.9 Å². The van der Waals surface area contributed by atoms with Crippen molar-refractivity contribution in [2.75, 3.05) is 7.11 Å². The molecule has 0 saturated heterocycles. The highest BCUT2D eigenvalue weighted by molar-refractivity contribution is 5.83. The van der Waals surface area contributed by atoms with E-state index in [1.54, 1.807) is 17.8 Å². The number of nitrogens with zero attached hydrogens (tertiary/aromatic N) is 3. The number of methoxy groups -OCH3 is 1. The largest absolute Gasteiger partial charge is 0.497 e. The second-order valence-corrected chi connectivity index (χ2v) is 6.57. The summed E-state index contributed by atoms with van der Waals surface area (Å²) in [5.41, 5.74) is 8.10. The maximum absolute atomic E-state index is 5.97. The van der Waals surface area contributed by atoms with E-state index < -0.39 is 0 Å². The number of imidazole rings is 1. The lowest BCUT2D eigenvalue weighted by atomic mass is 9.90. The van der Waals surface area contributed by atoms with Crippen LogP contribution in [0.4, 0.5) is 0 Å². The summed E-state index contributed by atoms with van der Waals surface area (Å²) in [6, 6.07) is 11.6. The number of nitrogens with two attached hydrogens (primary N) is 1. The Morgan fingerprint density at radius 2 is 2.08 bits per heavy atom. The second-order valence-electron chi connectivity index (χ2n) is 6.57. The molecule has 7 heteroatoms. The van der Waals surface area contributed by atoms with E-state index in [1.165, 1.54) is 0 Å². The van der Waals surface area contributed by atoms with Crippen molar-refractivity contribution in [2.24, 2.45) is 5.73 Å². The van der Waals surface area contributed by atoms with Gasteiger partial charge in [0.1, 0.15) is 23.1 Å². The van der Waals surface area contributed by atoms with Gasteiger partial charge in [-0.3, -0.25) is 0 Å². The van der Waals surface area contributed by atoms with Crippen LogP contribution in [-0.2, 0) is 0 Å². The number of furan rings is 1. The molecule has 1 saturated carbocycles. The summed E-state index contributed by atoms with van der Waals surface area (Å²) in [4.78, 5) is 4.41. The molecule has 0 radical (unpaired) electrons. The summed E-state index contributed by atoms with van der Waals surface area (Å²) >= 11 is 0. The highest BCUT2D eigenvalue weighted by atomic mass is 16.5. The molecule has 5 rings (SSSR count). The molecule has 1 aliphatic rings. The van der Waals surface area contributed by atoms with Crippen LogP contribution in [0.3, 0.4) is 0 Å². The van der Waals surface area contributed by atoms with Gasteiger partial charge in [-0.15, -0.1) is 5.10 Å². The monoisotopic (exact) mass is 350 g/mol. The molecule has 0 atom stereocenters. The zero-order chi connectivity index (χ0) is 17.7. The van der Waals surface area contributed by atoms with Gasteiger partial charge >= 0.3 is 0 Å². The first-order valence-electron chi connectivity index (χ1n) is 8.54. The molecule has 3 aromatic heterocycles. The van der Waals surface area contributed by atoms with Crippen LogP contribution >= 0.6 is 0 Å². The van der Waals surface area contributed by atoms with Crippen molar-refractivity contribution < 1.29 is 13.9 Å². The van der Waals surface area contributed by atoms with Gasteiger partial charge in [0.05, 0.1) is 13.3 Å².